The van der Waals surface area contributed by atoms with Crippen LogP contribution >= 0.6 is 11.8 Å². The molecular weight excluding hydrogens is 298 g/mol. The van der Waals surface area contributed by atoms with E-state index in [9.17, 15) is 9.59 Å². The number of esters is 1. The number of ether oxygens (including phenoxy) is 1. The van der Waals surface area contributed by atoms with E-state index in [1.54, 1.807) is 23.9 Å². The molecule has 1 aliphatic heterocycles. The predicted molar refractivity (Wildman–Crippen MR) is 86.2 cm³/mol. The molecule has 22 heavy (non-hydrogen) atoms. The normalized spacial score (nSPS) is 16.6. The molecule has 3 rings (SSSR count). The fourth-order valence-electron chi connectivity index (χ4n) is 2.44. The van der Waals surface area contributed by atoms with Gasteiger partial charge in [0.1, 0.15) is 0 Å². The van der Waals surface area contributed by atoms with Crippen molar-refractivity contribution in [3.8, 4) is 0 Å². The molecule has 0 bridgehead atoms. The van der Waals surface area contributed by atoms with Gasteiger partial charge >= 0.3 is 5.97 Å². The number of anilines is 1. The van der Waals surface area contributed by atoms with E-state index in [1.165, 1.54) is 0 Å². The summed E-state index contributed by atoms with van der Waals surface area (Å²) in [6.45, 7) is 0. The van der Waals surface area contributed by atoms with Crippen LogP contribution in [-0.4, -0.2) is 24.2 Å². The van der Waals surface area contributed by atoms with Crippen LogP contribution in [0.2, 0.25) is 0 Å². The van der Waals surface area contributed by atoms with Gasteiger partial charge in [-0.2, -0.15) is 0 Å². The number of para-hydroxylation sites is 1. The molecule has 2 aromatic carbocycles. The minimum absolute atomic E-state index is 0.302. The Hall–Kier alpha value is -2.27. The number of rotatable bonds is 3. The van der Waals surface area contributed by atoms with Crippen molar-refractivity contribution in [2.24, 2.45) is 0 Å². The first kappa shape index (κ1) is 14.7. The molecule has 0 fully saturated rings. The molecule has 0 unspecified atom stereocenters. The first-order valence-corrected chi connectivity index (χ1v) is 8.14. The number of hydrogen-bond acceptors (Lipinski definition) is 4. The predicted octanol–water partition coefficient (Wildman–Crippen LogP) is 3.13. The lowest BCUT2D eigenvalue weighted by Crippen LogP contribution is -2.38. The van der Waals surface area contributed by atoms with Gasteiger partial charge in [-0.15, -0.1) is 11.8 Å². The van der Waals surface area contributed by atoms with Crippen molar-refractivity contribution in [1.82, 2.24) is 0 Å². The highest BCUT2D eigenvalue weighted by atomic mass is 32.2. The third-order valence-electron chi connectivity index (χ3n) is 3.55. The summed E-state index contributed by atoms with van der Waals surface area (Å²) in [7, 11) is 0. The fourth-order valence-corrected chi connectivity index (χ4v) is 2.99. The first-order valence-electron chi connectivity index (χ1n) is 6.92. The molecule has 0 aromatic heterocycles. The minimum Gasteiger partial charge on any atom is -0.448 e. The number of nitrogens with one attached hydrogen (secondary N) is 1. The lowest BCUT2D eigenvalue weighted by molar-refractivity contribution is -0.125. The molecule has 5 heteroatoms. The Morgan fingerprint density at radius 2 is 1.91 bits per heavy atom. The van der Waals surface area contributed by atoms with E-state index in [0.29, 0.717) is 12.0 Å². The van der Waals surface area contributed by atoms with Crippen molar-refractivity contribution in [3.63, 3.8) is 0 Å². The van der Waals surface area contributed by atoms with Crippen LogP contribution in [0.1, 0.15) is 15.9 Å². The summed E-state index contributed by atoms with van der Waals surface area (Å²) in [5.74, 6) is -0.746. The third kappa shape index (κ3) is 2.85. The summed E-state index contributed by atoms with van der Waals surface area (Å²) in [4.78, 5) is 25.3. The molecular formula is C17H15NO3S. The number of cyclic esters (lactones) is 1. The van der Waals surface area contributed by atoms with E-state index in [4.69, 9.17) is 4.74 Å². The summed E-state index contributed by atoms with van der Waals surface area (Å²) in [6, 6.07) is 14.8. The molecule has 0 radical (unpaired) electrons. The van der Waals surface area contributed by atoms with Crippen LogP contribution in [0.25, 0.3) is 0 Å². The third-order valence-corrected chi connectivity index (χ3v) is 4.34. The zero-order chi connectivity index (χ0) is 15.5. The van der Waals surface area contributed by atoms with Gasteiger partial charge in [0.15, 0.2) is 6.10 Å². The quantitative estimate of drug-likeness (QED) is 0.699. The van der Waals surface area contributed by atoms with E-state index in [2.05, 4.69) is 5.32 Å². The Bertz CT molecular complexity index is 729. The molecule has 1 atom stereocenters. The largest absolute Gasteiger partial charge is 0.448 e. The Labute approximate surface area is 132 Å². The molecule has 1 heterocycles. The summed E-state index contributed by atoms with van der Waals surface area (Å²) in [5.41, 5.74) is 2.11. The molecule has 1 amide bonds. The van der Waals surface area contributed by atoms with Gasteiger partial charge in [0, 0.05) is 11.3 Å². The van der Waals surface area contributed by atoms with Gasteiger partial charge in [0.05, 0.1) is 11.3 Å². The van der Waals surface area contributed by atoms with Gasteiger partial charge in [-0.05, 0) is 30.0 Å². The molecule has 112 valence electrons. The van der Waals surface area contributed by atoms with E-state index in [0.717, 1.165) is 16.1 Å². The molecule has 2 aromatic rings. The van der Waals surface area contributed by atoms with Crippen molar-refractivity contribution in [3.05, 3.63) is 59.7 Å². The van der Waals surface area contributed by atoms with Crippen molar-refractivity contribution >= 4 is 29.3 Å². The summed E-state index contributed by atoms with van der Waals surface area (Å²) >= 11 is 1.55. The van der Waals surface area contributed by atoms with Gasteiger partial charge in [-0.1, -0.05) is 30.3 Å². The lowest BCUT2D eigenvalue weighted by atomic mass is 9.98. The van der Waals surface area contributed by atoms with Crippen LogP contribution in [0.4, 0.5) is 5.69 Å². The van der Waals surface area contributed by atoms with Crippen LogP contribution in [0, 0.1) is 0 Å². The summed E-state index contributed by atoms with van der Waals surface area (Å²) in [6.07, 6.45) is 1.55. The highest BCUT2D eigenvalue weighted by molar-refractivity contribution is 7.98. The van der Waals surface area contributed by atoms with Crippen LogP contribution in [0.3, 0.4) is 0 Å². The second kappa shape index (κ2) is 6.23. The molecule has 1 aliphatic rings. The number of thioether (sulfide) groups is 1. The Kier molecular flexibility index (Phi) is 4.15. The Morgan fingerprint density at radius 1 is 1.18 bits per heavy atom. The maximum absolute atomic E-state index is 12.4. The monoisotopic (exact) mass is 313 g/mol. The number of benzene rings is 2. The minimum atomic E-state index is -0.794. The first-order chi connectivity index (χ1) is 10.7. The molecule has 0 spiro atoms. The van der Waals surface area contributed by atoms with Crippen LogP contribution in [0.15, 0.2) is 53.4 Å². The van der Waals surface area contributed by atoms with Crippen LogP contribution in [-0.2, 0) is 16.0 Å². The van der Waals surface area contributed by atoms with E-state index in [-0.39, 0.29) is 5.91 Å². The second-order valence-corrected chi connectivity index (χ2v) is 5.79. The van der Waals surface area contributed by atoms with Gasteiger partial charge in [-0.3, -0.25) is 4.79 Å². The average molecular weight is 313 g/mol. The topological polar surface area (TPSA) is 55.4 Å². The van der Waals surface area contributed by atoms with E-state index >= 15 is 0 Å². The average Bonchev–Trinajstić information content (AvgIpc) is 2.55. The molecule has 0 aliphatic carbocycles. The number of carbonyl (C=O) groups is 2. The highest BCUT2D eigenvalue weighted by Crippen LogP contribution is 2.26. The van der Waals surface area contributed by atoms with Gasteiger partial charge in [0.25, 0.3) is 5.91 Å². The smallest absolute Gasteiger partial charge is 0.339 e. The maximum Gasteiger partial charge on any atom is 0.339 e. The molecule has 0 saturated carbocycles. The number of fused-ring (bicyclic) bond motifs is 1. The summed E-state index contributed by atoms with van der Waals surface area (Å²) < 4.78 is 5.26. The molecule has 1 N–H and O–H groups in total. The SMILES string of the molecule is CSc1ccccc1NC(=O)[C@H]1Cc2ccccc2C(=O)O1. The van der Waals surface area contributed by atoms with E-state index in [1.807, 2.05) is 42.7 Å². The Morgan fingerprint density at radius 3 is 2.73 bits per heavy atom. The zero-order valence-corrected chi connectivity index (χ0v) is 12.9. The lowest BCUT2D eigenvalue weighted by Gasteiger charge is -2.24. The molecule has 4 nitrogen and oxygen atoms in total. The van der Waals surface area contributed by atoms with E-state index < -0.39 is 12.1 Å². The van der Waals surface area contributed by atoms with Crippen molar-refractivity contribution in [2.75, 3.05) is 11.6 Å². The van der Waals surface area contributed by atoms with Crippen molar-refractivity contribution < 1.29 is 14.3 Å². The van der Waals surface area contributed by atoms with Crippen molar-refractivity contribution in [2.45, 2.75) is 17.4 Å². The standard InChI is InChI=1S/C17H15NO3S/c1-22-15-9-5-4-8-13(15)18-16(19)14-10-11-6-2-3-7-12(11)17(20)21-14/h2-9,14H,10H2,1H3,(H,18,19)/t14-/m1/s1. The van der Waals surface area contributed by atoms with Crippen molar-refractivity contribution in [1.29, 1.82) is 0 Å². The second-order valence-electron chi connectivity index (χ2n) is 4.94. The number of carbonyl (C=O) groups excluding carboxylic acids is 2. The summed E-state index contributed by atoms with van der Waals surface area (Å²) in [5, 5.41) is 2.85. The fraction of sp³-hybridized carbons (Fsp3) is 0.176. The van der Waals surface area contributed by atoms with Gasteiger partial charge in [0.2, 0.25) is 0 Å². The van der Waals surface area contributed by atoms with Gasteiger partial charge in [-0.25, -0.2) is 4.79 Å². The van der Waals surface area contributed by atoms with Crippen LogP contribution in [0.5, 0.6) is 0 Å². The number of amides is 1. The molecule has 0 saturated heterocycles. The maximum atomic E-state index is 12.4. The zero-order valence-electron chi connectivity index (χ0n) is 12.0. The Balaban J connectivity index is 1.78. The van der Waals surface area contributed by atoms with Gasteiger partial charge < -0.3 is 10.1 Å². The van der Waals surface area contributed by atoms with Crippen LogP contribution < -0.4 is 5.32 Å². The number of hydrogen-bond donors (Lipinski definition) is 1. The highest BCUT2D eigenvalue weighted by Gasteiger charge is 2.31.